The summed E-state index contributed by atoms with van der Waals surface area (Å²) in [6.07, 6.45) is 1.44. The number of hydrogen-bond acceptors (Lipinski definition) is 6. The topological polar surface area (TPSA) is 102 Å². The van der Waals surface area contributed by atoms with Crippen molar-refractivity contribution in [2.45, 2.75) is 4.90 Å². The summed E-state index contributed by atoms with van der Waals surface area (Å²) in [6.45, 7) is 3.22. The SMILES string of the molecule is C=CCN(CCO)S(=O)(=O)c1cc(N)c(OC)cc1OC. The van der Waals surface area contributed by atoms with Crippen LogP contribution in [-0.4, -0.2) is 51.7 Å². The third kappa shape index (κ3) is 3.66. The van der Waals surface area contributed by atoms with Gasteiger partial charge in [-0.1, -0.05) is 6.08 Å². The highest BCUT2D eigenvalue weighted by atomic mass is 32.2. The van der Waals surface area contributed by atoms with Gasteiger partial charge in [0.1, 0.15) is 16.4 Å². The molecule has 8 heteroatoms. The van der Waals surface area contributed by atoms with Gasteiger partial charge in [-0.3, -0.25) is 0 Å². The normalized spacial score (nSPS) is 11.4. The molecule has 118 valence electrons. The standard InChI is InChI=1S/C13H20N2O5S/c1-4-5-15(6-7-16)21(17,18)13-8-10(14)11(19-2)9-12(13)20-3/h4,8-9,16H,1,5-7,14H2,2-3H3. The molecule has 0 saturated heterocycles. The fraction of sp³-hybridized carbons (Fsp3) is 0.385. The lowest BCUT2D eigenvalue weighted by atomic mass is 10.3. The molecule has 1 aromatic carbocycles. The van der Waals surface area contributed by atoms with Crippen LogP contribution in [0.2, 0.25) is 0 Å². The van der Waals surface area contributed by atoms with Crippen molar-refractivity contribution in [2.24, 2.45) is 0 Å². The Balaban J connectivity index is 3.41. The number of sulfonamides is 1. The predicted octanol–water partition coefficient (Wildman–Crippen LogP) is 0.455. The molecule has 7 nitrogen and oxygen atoms in total. The summed E-state index contributed by atoms with van der Waals surface area (Å²) in [4.78, 5) is -0.0846. The first-order chi connectivity index (χ1) is 9.92. The molecule has 0 atom stereocenters. The number of anilines is 1. The minimum absolute atomic E-state index is 0.0521. The molecule has 3 N–H and O–H groups in total. The zero-order valence-electron chi connectivity index (χ0n) is 12.1. The van der Waals surface area contributed by atoms with Gasteiger partial charge < -0.3 is 20.3 Å². The molecular formula is C13H20N2O5S. The van der Waals surface area contributed by atoms with E-state index < -0.39 is 10.0 Å². The zero-order valence-corrected chi connectivity index (χ0v) is 12.9. The Morgan fingerprint density at radius 3 is 2.43 bits per heavy atom. The predicted molar refractivity (Wildman–Crippen MR) is 80.0 cm³/mol. The van der Waals surface area contributed by atoms with Gasteiger partial charge in [0.05, 0.1) is 26.5 Å². The molecule has 0 saturated carbocycles. The zero-order chi connectivity index (χ0) is 16.0. The highest BCUT2D eigenvalue weighted by Crippen LogP contribution is 2.35. The van der Waals surface area contributed by atoms with Crippen molar-refractivity contribution in [3.63, 3.8) is 0 Å². The minimum atomic E-state index is -3.87. The van der Waals surface area contributed by atoms with E-state index in [4.69, 9.17) is 20.3 Å². The van der Waals surface area contributed by atoms with Crippen LogP contribution in [0.4, 0.5) is 5.69 Å². The number of methoxy groups -OCH3 is 2. The van der Waals surface area contributed by atoms with Gasteiger partial charge in [0, 0.05) is 19.2 Å². The number of aliphatic hydroxyl groups is 1. The maximum atomic E-state index is 12.6. The molecular weight excluding hydrogens is 296 g/mol. The Kier molecular flexibility index (Phi) is 6.01. The maximum absolute atomic E-state index is 12.6. The summed E-state index contributed by atoms with van der Waals surface area (Å²) < 4.78 is 36.5. The second-order valence-corrected chi connectivity index (χ2v) is 6.03. The van der Waals surface area contributed by atoms with Crippen LogP contribution in [0.3, 0.4) is 0 Å². The van der Waals surface area contributed by atoms with Crippen LogP contribution in [0, 0.1) is 0 Å². The number of nitrogen functional groups attached to an aromatic ring is 1. The number of nitrogens with zero attached hydrogens (tertiary/aromatic N) is 1. The van der Waals surface area contributed by atoms with Gasteiger partial charge in [0.25, 0.3) is 0 Å². The summed E-state index contributed by atoms with van der Waals surface area (Å²) in [7, 11) is -1.09. The van der Waals surface area contributed by atoms with Crippen LogP contribution < -0.4 is 15.2 Å². The van der Waals surface area contributed by atoms with Gasteiger partial charge in [-0.15, -0.1) is 6.58 Å². The first kappa shape index (κ1) is 17.3. The van der Waals surface area contributed by atoms with Crippen molar-refractivity contribution < 1.29 is 23.0 Å². The smallest absolute Gasteiger partial charge is 0.247 e. The molecule has 0 fully saturated rings. The Morgan fingerprint density at radius 2 is 1.95 bits per heavy atom. The third-order valence-corrected chi connectivity index (χ3v) is 4.70. The second-order valence-electron chi connectivity index (χ2n) is 4.12. The highest BCUT2D eigenvalue weighted by Gasteiger charge is 2.28. The Morgan fingerprint density at radius 1 is 1.33 bits per heavy atom. The summed E-state index contributed by atoms with van der Waals surface area (Å²) in [5.74, 6) is 0.441. The van der Waals surface area contributed by atoms with E-state index in [1.807, 2.05) is 0 Å². The maximum Gasteiger partial charge on any atom is 0.247 e. The lowest BCUT2D eigenvalue weighted by molar-refractivity contribution is 0.260. The number of aliphatic hydroxyl groups excluding tert-OH is 1. The number of benzene rings is 1. The third-order valence-electron chi connectivity index (χ3n) is 2.82. The van der Waals surface area contributed by atoms with Crippen molar-refractivity contribution in [1.29, 1.82) is 0 Å². The van der Waals surface area contributed by atoms with Gasteiger partial charge in [-0.25, -0.2) is 8.42 Å². The van der Waals surface area contributed by atoms with Gasteiger partial charge in [0.15, 0.2) is 0 Å². The van der Waals surface area contributed by atoms with E-state index in [9.17, 15) is 8.42 Å². The molecule has 1 rings (SSSR count). The molecule has 0 aliphatic rings. The average molecular weight is 316 g/mol. The summed E-state index contributed by atoms with van der Waals surface area (Å²) in [6, 6.07) is 2.69. The van der Waals surface area contributed by atoms with Crippen LogP contribution in [-0.2, 0) is 10.0 Å². The van der Waals surface area contributed by atoms with Crippen LogP contribution in [0.25, 0.3) is 0 Å². The molecule has 0 bridgehead atoms. The van der Waals surface area contributed by atoms with Crippen molar-refractivity contribution in [3.8, 4) is 11.5 Å². The molecule has 0 spiro atoms. The molecule has 0 aliphatic carbocycles. The average Bonchev–Trinajstić information content (AvgIpc) is 2.46. The highest BCUT2D eigenvalue weighted by molar-refractivity contribution is 7.89. The number of hydrogen-bond donors (Lipinski definition) is 2. The molecule has 1 aromatic rings. The molecule has 0 heterocycles. The Hall–Kier alpha value is -1.77. The number of rotatable bonds is 8. The largest absolute Gasteiger partial charge is 0.495 e. The molecule has 0 amide bonds. The Labute approximate surface area is 124 Å². The van der Waals surface area contributed by atoms with Crippen molar-refractivity contribution >= 4 is 15.7 Å². The fourth-order valence-electron chi connectivity index (χ4n) is 1.80. The van der Waals surface area contributed by atoms with Gasteiger partial charge in [0.2, 0.25) is 10.0 Å². The van der Waals surface area contributed by atoms with E-state index in [0.29, 0.717) is 5.75 Å². The number of nitrogens with two attached hydrogens (primary N) is 1. The fourth-order valence-corrected chi connectivity index (χ4v) is 3.37. The van der Waals surface area contributed by atoms with Gasteiger partial charge in [-0.2, -0.15) is 4.31 Å². The summed E-state index contributed by atoms with van der Waals surface area (Å²) in [5, 5.41) is 9.02. The summed E-state index contributed by atoms with van der Waals surface area (Å²) >= 11 is 0. The first-order valence-electron chi connectivity index (χ1n) is 6.15. The number of ether oxygens (including phenoxy) is 2. The van der Waals surface area contributed by atoms with Crippen LogP contribution in [0.15, 0.2) is 29.7 Å². The summed E-state index contributed by atoms with van der Waals surface area (Å²) in [5.41, 5.74) is 5.95. The Bertz CT molecular complexity index is 601. The van der Waals surface area contributed by atoms with Crippen LogP contribution in [0.5, 0.6) is 11.5 Å². The molecule has 0 radical (unpaired) electrons. The van der Waals surface area contributed by atoms with Crippen LogP contribution in [0.1, 0.15) is 0 Å². The molecule has 0 aromatic heterocycles. The van der Waals surface area contributed by atoms with E-state index >= 15 is 0 Å². The first-order valence-corrected chi connectivity index (χ1v) is 7.59. The van der Waals surface area contributed by atoms with Crippen LogP contribution >= 0.6 is 0 Å². The van der Waals surface area contributed by atoms with Gasteiger partial charge in [-0.05, 0) is 6.07 Å². The van der Waals surface area contributed by atoms with E-state index in [0.717, 1.165) is 4.31 Å². The lowest BCUT2D eigenvalue weighted by Gasteiger charge is -2.21. The van der Waals surface area contributed by atoms with Crippen molar-refractivity contribution in [3.05, 3.63) is 24.8 Å². The monoisotopic (exact) mass is 316 g/mol. The lowest BCUT2D eigenvalue weighted by Crippen LogP contribution is -2.34. The van der Waals surface area contributed by atoms with E-state index in [-0.39, 0.29) is 36.0 Å². The van der Waals surface area contributed by atoms with E-state index in [1.165, 1.54) is 32.4 Å². The quantitative estimate of drug-likeness (QED) is 0.533. The van der Waals surface area contributed by atoms with E-state index in [2.05, 4.69) is 6.58 Å². The van der Waals surface area contributed by atoms with Gasteiger partial charge >= 0.3 is 0 Å². The molecule has 0 aliphatic heterocycles. The van der Waals surface area contributed by atoms with Crippen molar-refractivity contribution in [1.82, 2.24) is 4.31 Å². The molecule has 0 unspecified atom stereocenters. The molecule has 21 heavy (non-hydrogen) atoms. The van der Waals surface area contributed by atoms with Crippen molar-refractivity contribution in [2.75, 3.05) is 39.6 Å². The van der Waals surface area contributed by atoms with E-state index in [1.54, 1.807) is 0 Å². The second kappa shape index (κ2) is 7.30. The minimum Gasteiger partial charge on any atom is -0.495 e.